The second-order valence-corrected chi connectivity index (χ2v) is 4.58. The molecule has 2 heterocycles. The second-order valence-electron chi connectivity index (χ2n) is 4.58. The fourth-order valence-electron chi connectivity index (χ4n) is 1.90. The molecule has 2 fully saturated rings. The molecule has 4 unspecified atom stereocenters. The molecule has 0 aromatic carbocycles. The summed E-state index contributed by atoms with van der Waals surface area (Å²) < 4.78 is 16.6. The summed E-state index contributed by atoms with van der Waals surface area (Å²) in [7, 11) is 0. The Balaban J connectivity index is 1.68. The van der Waals surface area contributed by atoms with Crippen molar-refractivity contribution >= 4 is 0 Å². The summed E-state index contributed by atoms with van der Waals surface area (Å²) in [5.74, 6) is 0. The van der Waals surface area contributed by atoms with E-state index in [9.17, 15) is 0 Å². The van der Waals surface area contributed by atoms with Gasteiger partial charge in [0.25, 0.3) is 0 Å². The van der Waals surface area contributed by atoms with Crippen molar-refractivity contribution in [2.75, 3.05) is 13.2 Å². The smallest absolute Gasteiger partial charge is 0.0834 e. The zero-order valence-electron chi connectivity index (χ0n) is 9.78. The Hall–Kier alpha value is -0.120. The van der Waals surface area contributed by atoms with Crippen molar-refractivity contribution in [2.45, 2.75) is 63.9 Å². The van der Waals surface area contributed by atoms with Gasteiger partial charge in [0.05, 0.1) is 37.6 Å². The van der Waals surface area contributed by atoms with Crippen LogP contribution in [0.25, 0.3) is 0 Å². The monoisotopic (exact) mass is 214 g/mol. The average molecular weight is 214 g/mol. The Labute approximate surface area is 92.1 Å². The molecule has 88 valence electrons. The minimum Gasteiger partial charge on any atom is -0.375 e. The molecule has 0 aliphatic carbocycles. The van der Waals surface area contributed by atoms with E-state index in [0.29, 0.717) is 24.4 Å². The van der Waals surface area contributed by atoms with Crippen molar-refractivity contribution < 1.29 is 14.2 Å². The van der Waals surface area contributed by atoms with E-state index >= 15 is 0 Å². The SMILES string of the molecule is CCC(CC1CO1)OC(CC)CC1CO1. The summed E-state index contributed by atoms with van der Waals surface area (Å²) in [6, 6.07) is 0. The highest BCUT2D eigenvalue weighted by Crippen LogP contribution is 2.24. The lowest BCUT2D eigenvalue weighted by atomic mass is 10.1. The second kappa shape index (κ2) is 5.28. The molecule has 0 aromatic rings. The van der Waals surface area contributed by atoms with Gasteiger partial charge in [-0.2, -0.15) is 0 Å². The first-order chi connectivity index (χ1) is 7.31. The Morgan fingerprint density at radius 3 is 1.67 bits per heavy atom. The highest BCUT2D eigenvalue weighted by Gasteiger charge is 2.30. The molecule has 15 heavy (non-hydrogen) atoms. The quantitative estimate of drug-likeness (QED) is 0.580. The van der Waals surface area contributed by atoms with Crippen LogP contribution in [0.5, 0.6) is 0 Å². The lowest BCUT2D eigenvalue weighted by Crippen LogP contribution is -2.24. The first kappa shape index (κ1) is 11.4. The van der Waals surface area contributed by atoms with Crippen LogP contribution in [0, 0.1) is 0 Å². The van der Waals surface area contributed by atoms with Gasteiger partial charge in [-0.05, 0) is 12.8 Å². The standard InChI is InChI=1S/C12H22O3/c1-3-9(5-11-7-13-11)15-10(4-2)6-12-8-14-12/h9-12H,3-8H2,1-2H3. The third kappa shape index (κ3) is 4.09. The molecule has 4 atom stereocenters. The summed E-state index contributed by atoms with van der Waals surface area (Å²) in [4.78, 5) is 0. The lowest BCUT2D eigenvalue weighted by molar-refractivity contribution is -0.0294. The molecule has 2 saturated heterocycles. The van der Waals surface area contributed by atoms with Gasteiger partial charge in [0.1, 0.15) is 0 Å². The van der Waals surface area contributed by atoms with Crippen molar-refractivity contribution in [2.24, 2.45) is 0 Å². The van der Waals surface area contributed by atoms with Crippen LogP contribution in [0.3, 0.4) is 0 Å². The number of epoxide rings is 2. The maximum atomic E-state index is 6.09. The highest BCUT2D eigenvalue weighted by molar-refractivity contribution is 4.78. The van der Waals surface area contributed by atoms with Gasteiger partial charge < -0.3 is 14.2 Å². The van der Waals surface area contributed by atoms with Crippen LogP contribution < -0.4 is 0 Å². The predicted octanol–water partition coefficient (Wildman–Crippen LogP) is 2.14. The summed E-state index contributed by atoms with van der Waals surface area (Å²) >= 11 is 0. The van der Waals surface area contributed by atoms with E-state index < -0.39 is 0 Å². The van der Waals surface area contributed by atoms with Gasteiger partial charge in [0.2, 0.25) is 0 Å². The molecule has 2 aliphatic rings. The average Bonchev–Trinajstić information content (AvgIpc) is 3.10. The summed E-state index contributed by atoms with van der Waals surface area (Å²) in [6.45, 7) is 6.24. The molecular weight excluding hydrogens is 192 g/mol. The minimum atomic E-state index is 0.376. The van der Waals surface area contributed by atoms with Crippen LogP contribution in [0.4, 0.5) is 0 Å². The number of hydrogen-bond donors (Lipinski definition) is 0. The number of ether oxygens (including phenoxy) is 3. The molecule has 3 heteroatoms. The molecule has 0 N–H and O–H groups in total. The van der Waals surface area contributed by atoms with E-state index in [1.807, 2.05) is 0 Å². The molecule has 0 saturated carbocycles. The molecule has 0 bridgehead atoms. The van der Waals surface area contributed by atoms with Crippen LogP contribution in [0.2, 0.25) is 0 Å². The fourth-order valence-corrected chi connectivity index (χ4v) is 1.90. The molecule has 2 aliphatic heterocycles. The van der Waals surface area contributed by atoms with E-state index in [-0.39, 0.29) is 0 Å². The third-order valence-electron chi connectivity index (χ3n) is 3.15. The maximum Gasteiger partial charge on any atom is 0.0834 e. The van der Waals surface area contributed by atoms with Crippen molar-refractivity contribution in [3.63, 3.8) is 0 Å². The van der Waals surface area contributed by atoms with Crippen molar-refractivity contribution in [1.82, 2.24) is 0 Å². The lowest BCUT2D eigenvalue weighted by Gasteiger charge is -2.22. The Bertz CT molecular complexity index is 167. The third-order valence-corrected chi connectivity index (χ3v) is 3.15. The van der Waals surface area contributed by atoms with Gasteiger partial charge in [-0.3, -0.25) is 0 Å². The van der Waals surface area contributed by atoms with Gasteiger partial charge in [-0.25, -0.2) is 0 Å². The van der Waals surface area contributed by atoms with Crippen LogP contribution in [0.15, 0.2) is 0 Å². The van der Waals surface area contributed by atoms with Gasteiger partial charge in [0.15, 0.2) is 0 Å². The van der Waals surface area contributed by atoms with Gasteiger partial charge in [0, 0.05) is 12.8 Å². The van der Waals surface area contributed by atoms with E-state index in [0.717, 1.165) is 38.9 Å². The predicted molar refractivity (Wildman–Crippen MR) is 58.0 cm³/mol. The molecule has 0 radical (unpaired) electrons. The number of rotatable bonds is 8. The Morgan fingerprint density at radius 1 is 1.00 bits per heavy atom. The fraction of sp³-hybridized carbons (Fsp3) is 1.00. The van der Waals surface area contributed by atoms with Gasteiger partial charge in [-0.15, -0.1) is 0 Å². The minimum absolute atomic E-state index is 0.376. The zero-order chi connectivity index (χ0) is 10.7. The van der Waals surface area contributed by atoms with E-state index in [1.165, 1.54) is 0 Å². The van der Waals surface area contributed by atoms with Crippen LogP contribution in [-0.2, 0) is 14.2 Å². The van der Waals surface area contributed by atoms with E-state index in [1.54, 1.807) is 0 Å². The zero-order valence-corrected chi connectivity index (χ0v) is 9.78. The molecule has 0 aromatic heterocycles. The maximum absolute atomic E-state index is 6.09. The normalized spacial score (nSPS) is 32.4. The molecular formula is C12H22O3. The van der Waals surface area contributed by atoms with Crippen LogP contribution in [-0.4, -0.2) is 37.6 Å². The van der Waals surface area contributed by atoms with Crippen LogP contribution >= 0.6 is 0 Å². The Kier molecular flexibility index (Phi) is 4.00. The van der Waals surface area contributed by atoms with Crippen molar-refractivity contribution in [1.29, 1.82) is 0 Å². The molecule has 0 amide bonds. The summed E-state index contributed by atoms with van der Waals surface area (Å²) in [6.07, 6.45) is 6.01. The summed E-state index contributed by atoms with van der Waals surface area (Å²) in [5, 5.41) is 0. The number of hydrogen-bond acceptors (Lipinski definition) is 3. The van der Waals surface area contributed by atoms with Gasteiger partial charge >= 0.3 is 0 Å². The Morgan fingerprint density at radius 2 is 1.40 bits per heavy atom. The van der Waals surface area contributed by atoms with Crippen molar-refractivity contribution in [3.05, 3.63) is 0 Å². The van der Waals surface area contributed by atoms with E-state index in [2.05, 4.69) is 13.8 Å². The molecule has 0 spiro atoms. The van der Waals surface area contributed by atoms with E-state index in [4.69, 9.17) is 14.2 Å². The van der Waals surface area contributed by atoms with Gasteiger partial charge in [-0.1, -0.05) is 13.8 Å². The first-order valence-electron chi connectivity index (χ1n) is 6.20. The molecule has 3 nitrogen and oxygen atoms in total. The van der Waals surface area contributed by atoms with Crippen LogP contribution in [0.1, 0.15) is 39.5 Å². The highest BCUT2D eigenvalue weighted by atomic mass is 16.6. The molecule has 2 rings (SSSR count). The topological polar surface area (TPSA) is 34.3 Å². The van der Waals surface area contributed by atoms with Crippen molar-refractivity contribution in [3.8, 4) is 0 Å². The summed E-state index contributed by atoms with van der Waals surface area (Å²) in [5.41, 5.74) is 0. The largest absolute Gasteiger partial charge is 0.375 e. The first-order valence-corrected chi connectivity index (χ1v) is 6.20.